The van der Waals surface area contributed by atoms with Gasteiger partial charge in [-0.3, -0.25) is 0 Å². The van der Waals surface area contributed by atoms with Gasteiger partial charge in [0.25, 0.3) is 0 Å². The van der Waals surface area contributed by atoms with Crippen LogP contribution in [-0.4, -0.2) is 19.3 Å². The zero-order valence-corrected chi connectivity index (χ0v) is 11.5. The second-order valence-corrected chi connectivity index (χ2v) is 6.07. The van der Waals surface area contributed by atoms with Gasteiger partial charge in [-0.15, -0.1) is 0 Å². The van der Waals surface area contributed by atoms with Crippen LogP contribution < -0.4 is 5.73 Å². The molecule has 96 valence electrons. The minimum atomic E-state index is 0.0599. The molecule has 2 N–H and O–H groups in total. The van der Waals surface area contributed by atoms with Gasteiger partial charge < -0.3 is 10.5 Å². The summed E-state index contributed by atoms with van der Waals surface area (Å²) in [5.41, 5.74) is 6.74. The highest BCUT2D eigenvalue weighted by Gasteiger charge is 2.40. The van der Waals surface area contributed by atoms with E-state index in [1.54, 1.807) is 7.11 Å². The minimum Gasteiger partial charge on any atom is -0.385 e. The van der Waals surface area contributed by atoms with E-state index in [0.717, 1.165) is 25.4 Å². The highest BCUT2D eigenvalue weighted by molar-refractivity contribution is 4.97. The maximum absolute atomic E-state index is 6.68. The van der Waals surface area contributed by atoms with Crippen LogP contribution >= 0.6 is 0 Å². The highest BCUT2D eigenvalue weighted by Crippen LogP contribution is 2.41. The second kappa shape index (κ2) is 6.02. The standard InChI is InChI=1S/C14H29NO/c1-11(2)13-7-6-12(3)10-14(13,15)8-5-9-16-4/h11-13H,5-10,15H2,1-4H3. The average Bonchev–Trinajstić information content (AvgIpc) is 2.16. The lowest BCUT2D eigenvalue weighted by Crippen LogP contribution is -2.52. The molecule has 0 heterocycles. The Labute approximate surface area is 101 Å². The third-order valence-corrected chi connectivity index (χ3v) is 4.23. The predicted octanol–water partition coefficient (Wildman–Crippen LogP) is 3.20. The summed E-state index contributed by atoms with van der Waals surface area (Å²) in [5, 5.41) is 0. The summed E-state index contributed by atoms with van der Waals surface area (Å²) in [6.45, 7) is 7.82. The summed E-state index contributed by atoms with van der Waals surface area (Å²) >= 11 is 0. The summed E-state index contributed by atoms with van der Waals surface area (Å²) in [7, 11) is 1.77. The van der Waals surface area contributed by atoms with Gasteiger partial charge in [0, 0.05) is 19.3 Å². The van der Waals surface area contributed by atoms with E-state index in [1.807, 2.05) is 0 Å². The third kappa shape index (κ3) is 3.46. The summed E-state index contributed by atoms with van der Waals surface area (Å²) < 4.78 is 5.14. The fourth-order valence-electron chi connectivity index (χ4n) is 3.48. The number of nitrogens with two attached hydrogens (primary N) is 1. The first-order valence-corrected chi connectivity index (χ1v) is 6.77. The first-order valence-electron chi connectivity index (χ1n) is 6.77. The number of hydrogen-bond acceptors (Lipinski definition) is 2. The van der Waals surface area contributed by atoms with E-state index < -0.39 is 0 Å². The van der Waals surface area contributed by atoms with E-state index in [4.69, 9.17) is 10.5 Å². The van der Waals surface area contributed by atoms with Crippen LogP contribution in [0.4, 0.5) is 0 Å². The molecule has 1 aliphatic carbocycles. The molecule has 0 amide bonds. The predicted molar refractivity (Wildman–Crippen MR) is 69.4 cm³/mol. The zero-order chi connectivity index (χ0) is 12.2. The lowest BCUT2D eigenvalue weighted by atomic mass is 9.64. The molecule has 3 atom stereocenters. The summed E-state index contributed by atoms with van der Waals surface area (Å²) in [6.07, 6.45) is 6.07. The molecule has 1 saturated carbocycles. The Bertz CT molecular complexity index is 205. The van der Waals surface area contributed by atoms with Gasteiger partial charge in [0.05, 0.1) is 0 Å². The Morgan fingerprint density at radius 2 is 2.06 bits per heavy atom. The molecule has 1 aliphatic rings. The molecule has 0 saturated heterocycles. The third-order valence-electron chi connectivity index (χ3n) is 4.23. The van der Waals surface area contributed by atoms with Crippen molar-refractivity contribution in [2.75, 3.05) is 13.7 Å². The van der Waals surface area contributed by atoms with Gasteiger partial charge in [-0.25, -0.2) is 0 Å². The molecule has 0 bridgehead atoms. The van der Waals surface area contributed by atoms with Gasteiger partial charge >= 0.3 is 0 Å². The van der Waals surface area contributed by atoms with Crippen molar-refractivity contribution in [3.05, 3.63) is 0 Å². The summed E-state index contributed by atoms with van der Waals surface area (Å²) in [4.78, 5) is 0. The van der Waals surface area contributed by atoms with Crippen molar-refractivity contribution in [2.45, 2.75) is 58.4 Å². The van der Waals surface area contributed by atoms with Crippen LogP contribution in [0.15, 0.2) is 0 Å². The highest BCUT2D eigenvalue weighted by atomic mass is 16.5. The van der Waals surface area contributed by atoms with Crippen LogP contribution in [0.5, 0.6) is 0 Å². The van der Waals surface area contributed by atoms with Crippen molar-refractivity contribution in [2.24, 2.45) is 23.5 Å². The fraction of sp³-hybridized carbons (Fsp3) is 1.00. The fourth-order valence-corrected chi connectivity index (χ4v) is 3.48. The van der Waals surface area contributed by atoms with Crippen molar-refractivity contribution in [3.63, 3.8) is 0 Å². The largest absolute Gasteiger partial charge is 0.385 e. The first kappa shape index (κ1) is 14.0. The summed E-state index contributed by atoms with van der Waals surface area (Å²) in [6, 6.07) is 0. The maximum Gasteiger partial charge on any atom is 0.0462 e. The molecule has 0 aromatic rings. The van der Waals surface area contributed by atoms with Crippen LogP contribution in [0, 0.1) is 17.8 Å². The van der Waals surface area contributed by atoms with Crippen molar-refractivity contribution in [3.8, 4) is 0 Å². The Kier molecular flexibility index (Phi) is 5.26. The normalized spacial score (nSPS) is 35.6. The van der Waals surface area contributed by atoms with Crippen molar-refractivity contribution in [1.29, 1.82) is 0 Å². The Morgan fingerprint density at radius 3 is 2.62 bits per heavy atom. The van der Waals surface area contributed by atoms with Crippen LogP contribution in [0.25, 0.3) is 0 Å². The van der Waals surface area contributed by atoms with E-state index in [0.29, 0.717) is 11.8 Å². The van der Waals surface area contributed by atoms with E-state index >= 15 is 0 Å². The molecule has 16 heavy (non-hydrogen) atoms. The SMILES string of the molecule is COCCCC1(N)CC(C)CCC1C(C)C. The van der Waals surface area contributed by atoms with Crippen LogP contribution in [0.2, 0.25) is 0 Å². The van der Waals surface area contributed by atoms with Crippen LogP contribution in [-0.2, 0) is 4.74 Å². The molecule has 2 nitrogen and oxygen atoms in total. The topological polar surface area (TPSA) is 35.2 Å². The Morgan fingerprint density at radius 1 is 1.38 bits per heavy atom. The van der Waals surface area contributed by atoms with Crippen molar-refractivity contribution in [1.82, 2.24) is 0 Å². The Hall–Kier alpha value is -0.0800. The minimum absolute atomic E-state index is 0.0599. The van der Waals surface area contributed by atoms with Crippen molar-refractivity contribution >= 4 is 0 Å². The van der Waals surface area contributed by atoms with Gasteiger partial charge in [0.1, 0.15) is 0 Å². The zero-order valence-electron chi connectivity index (χ0n) is 11.5. The van der Waals surface area contributed by atoms with Gasteiger partial charge in [0.15, 0.2) is 0 Å². The number of ether oxygens (including phenoxy) is 1. The van der Waals surface area contributed by atoms with Crippen molar-refractivity contribution < 1.29 is 4.74 Å². The molecule has 0 aromatic heterocycles. The molecule has 1 fully saturated rings. The van der Waals surface area contributed by atoms with E-state index in [9.17, 15) is 0 Å². The number of rotatable bonds is 5. The average molecular weight is 227 g/mol. The number of hydrogen-bond donors (Lipinski definition) is 1. The van der Waals surface area contributed by atoms with Gasteiger partial charge in [-0.05, 0) is 43.4 Å². The molecule has 3 unspecified atom stereocenters. The van der Waals surface area contributed by atoms with Gasteiger partial charge in [0.2, 0.25) is 0 Å². The maximum atomic E-state index is 6.68. The monoisotopic (exact) mass is 227 g/mol. The summed E-state index contributed by atoms with van der Waals surface area (Å²) in [5.74, 6) is 2.20. The lowest BCUT2D eigenvalue weighted by molar-refractivity contribution is 0.0886. The molecule has 0 aromatic carbocycles. The quantitative estimate of drug-likeness (QED) is 0.732. The number of methoxy groups -OCH3 is 1. The van der Waals surface area contributed by atoms with Crippen LogP contribution in [0.3, 0.4) is 0 Å². The van der Waals surface area contributed by atoms with Crippen LogP contribution in [0.1, 0.15) is 52.9 Å². The Balaban J connectivity index is 2.60. The molecule has 0 spiro atoms. The molecule has 2 heteroatoms. The molecular weight excluding hydrogens is 198 g/mol. The van der Waals surface area contributed by atoms with E-state index in [-0.39, 0.29) is 5.54 Å². The molecular formula is C14H29NO. The lowest BCUT2D eigenvalue weighted by Gasteiger charge is -2.46. The van der Waals surface area contributed by atoms with Gasteiger partial charge in [-0.2, -0.15) is 0 Å². The smallest absolute Gasteiger partial charge is 0.0462 e. The molecule has 1 rings (SSSR count). The molecule has 0 radical (unpaired) electrons. The van der Waals surface area contributed by atoms with E-state index in [2.05, 4.69) is 20.8 Å². The van der Waals surface area contributed by atoms with E-state index in [1.165, 1.54) is 19.3 Å². The second-order valence-electron chi connectivity index (χ2n) is 6.07. The first-order chi connectivity index (χ1) is 7.49. The molecule has 0 aliphatic heterocycles. The van der Waals surface area contributed by atoms with Gasteiger partial charge in [-0.1, -0.05) is 27.2 Å².